The third kappa shape index (κ3) is 3.62. The Morgan fingerprint density at radius 2 is 2.14 bits per heavy atom. The van der Waals surface area contributed by atoms with E-state index in [4.69, 9.17) is 0 Å². The van der Waals surface area contributed by atoms with E-state index in [9.17, 15) is 13.6 Å². The molecule has 1 aliphatic rings. The van der Waals surface area contributed by atoms with E-state index < -0.39 is 6.43 Å². The summed E-state index contributed by atoms with van der Waals surface area (Å²) in [7, 11) is 0. The average molecular weight is 387 g/mol. The van der Waals surface area contributed by atoms with Crippen LogP contribution in [0.25, 0.3) is 17.0 Å². The van der Waals surface area contributed by atoms with Crippen LogP contribution in [-0.4, -0.2) is 49.6 Å². The van der Waals surface area contributed by atoms with Gasteiger partial charge in [-0.2, -0.15) is 5.10 Å². The van der Waals surface area contributed by atoms with Crippen molar-refractivity contribution in [2.24, 2.45) is 0 Å². The minimum Gasteiger partial charge on any atom is -0.354 e. The van der Waals surface area contributed by atoms with Gasteiger partial charge in [0, 0.05) is 32.1 Å². The first-order valence-electron chi connectivity index (χ1n) is 8.98. The minimum atomic E-state index is -2.67. The molecule has 0 aromatic carbocycles. The van der Waals surface area contributed by atoms with E-state index in [1.165, 1.54) is 29.9 Å². The maximum atomic E-state index is 13.0. The van der Waals surface area contributed by atoms with Crippen LogP contribution >= 0.6 is 0 Å². The molecule has 0 aliphatic carbocycles. The molecule has 0 bridgehead atoms. The molecule has 3 aromatic heterocycles. The summed E-state index contributed by atoms with van der Waals surface area (Å²) >= 11 is 0. The van der Waals surface area contributed by atoms with Crippen LogP contribution < -0.4 is 10.2 Å². The van der Waals surface area contributed by atoms with Crippen molar-refractivity contribution < 1.29 is 13.6 Å². The molecule has 1 fully saturated rings. The number of anilines is 1. The summed E-state index contributed by atoms with van der Waals surface area (Å²) in [6.45, 7) is 2.97. The molecule has 1 atom stereocenters. The molecule has 3 aromatic rings. The number of nitrogens with one attached hydrogen (secondary N) is 1. The van der Waals surface area contributed by atoms with Crippen LogP contribution in [0.5, 0.6) is 0 Å². The highest BCUT2D eigenvalue weighted by atomic mass is 19.3. The Morgan fingerprint density at radius 1 is 1.29 bits per heavy atom. The van der Waals surface area contributed by atoms with Crippen LogP contribution in [0.15, 0.2) is 30.7 Å². The number of carbonyl (C=O) groups is 1. The number of alkyl halides is 2. The SMILES string of the molecule is CC(=O)NC1CCCN(c2cc(-c3cnc4ccc(C(F)F)nn34)ncn2)C1. The number of piperidine rings is 1. The molecule has 1 aliphatic heterocycles. The lowest BCUT2D eigenvalue weighted by atomic mass is 10.1. The van der Waals surface area contributed by atoms with Crippen molar-refractivity contribution in [3.8, 4) is 11.4 Å². The largest absolute Gasteiger partial charge is 0.354 e. The molecule has 10 heteroatoms. The van der Waals surface area contributed by atoms with Gasteiger partial charge in [-0.1, -0.05) is 0 Å². The van der Waals surface area contributed by atoms with Gasteiger partial charge in [-0.25, -0.2) is 28.2 Å². The number of carbonyl (C=O) groups excluding carboxylic acids is 1. The predicted octanol–water partition coefficient (Wildman–Crippen LogP) is 2.23. The summed E-state index contributed by atoms with van der Waals surface area (Å²) in [5, 5.41) is 6.93. The standard InChI is InChI=1S/C18H19F2N7O/c1-11(28)24-12-3-2-6-26(9-12)17-7-14(22-10-23-17)15-8-21-16-5-4-13(18(19)20)25-27(15)16/h4-5,7-8,10,12,18H,2-3,6,9H2,1H3,(H,24,28). The van der Waals surface area contributed by atoms with Crippen LogP contribution in [-0.2, 0) is 4.79 Å². The zero-order valence-electron chi connectivity index (χ0n) is 15.2. The highest BCUT2D eigenvalue weighted by molar-refractivity contribution is 5.73. The van der Waals surface area contributed by atoms with Gasteiger partial charge in [0.1, 0.15) is 23.5 Å². The Kier molecular flexibility index (Phi) is 4.84. The van der Waals surface area contributed by atoms with Crippen LogP contribution in [0, 0.1) is 0 Å². The lowest BCUT2D eigenvalue weighted by Crippen LogP contribution is -2.47. The van der Waals surface area contributed by atoms with E-state index in [-0.39, 0.29) is 17.6 Å². The van der Waals surface area contributed by atoms with Gasteiger partial charge in [-0.05, 0) is 25.0 Å². The molecule has 1 amide bonds. The second-order valence-electron chi connectivity index (χ2n) is 6.72. The third-order valence-corrected chi connectivity index (χ3v) is 4.67. The second-order valence-corrected chi connectivity index (χ2v) is 6.72. The predicted molar refractivity (Wildman–Crippen MR) is 98.0 cm³/mol. The molecular weight excluding hydrogens is 368 g/mol. The molecule has 146 valence electrons. The molecule has 1 N–H and O–H groups in total. The topological polar surface area (TPSA) is 88.3 Å². The Bertz CT molecular complexity index is 1010. The fourth-order valence-corrected chi connectivity index (χ4v) is 3.43. The van der Waals surface area contributed by atoms with Crippen molar-refractivity contribution in [3.05, 3.63) is 36.4 Å². The lowest BCUT2D eigenvalue weighted by Gasteiger charge is -2.33. The summed E-state index contributed by atoms with van der Waals surface area (Å²) < 4.78 is 27.4. The van der Waals surface area contributed by atoms with E-state index >= 15 is 0 Å². The van der Waals surface area contributed by atoms with Gasteiger partial charge in [0.05, 0.1) is 11.9 Å². The highest BCUT2D eigenvalue weighted by Gasteiger charge is 2.22. The molecule has 0 saturated carbocycles. The fraction of sp³-hybridized carbons (Fsp3) is 0.389. The first-order chi connectivity index (χ1) is 13.5. The average Bonchev–Trinajstić information content (AvgIpc) is 3.11. The molecule has 1 unspecified atom stereocenters. The van der Waals surface area contributed by atoms with E-state index in [1.807, 2.05) is 0 Å². The lowest BCUT2D eigenvalue weighted by molar-refractivity contribution is -0.119. The van der Waals surface area contributed by atoms with Crippen molar-refractivity contribution >= 4 is 17.4 Å². The fourth-order valence-electron chi connectivity index (χ4n) is 3.43. The first kappa shape index (κ1) is 18.2. The van der Waals surface area contributed by atoms with Crippen molar-refractivity contribution in [1.29, 1.82) is 0 Å². The Morgan fingerprint density at radius 3 is 2.93 bits per heavy atom. The van der Waals surface area contributed by atoms with E-state index in [0.29, 0.717) is 29.4 Å². The second kappa shape index (κ2) is 7.45. The van der Waals surface area contributed by atoms with Gasteiger partial charge in [0.25, 0.3) is 6.43 Å². The highest BCUT2D eigenvalue weighted by Crippen LogP contribution is 2.25. The number of fused-ring (bicyclic) bond motifs is 1. The molecular formula is C18H19F2N7O. The van der Waals surface area contributed by atoms with Gasteiger partial charge >= 0.3 is 0 Å². The molecule has 4 heterocycles. The summed E-state index contributed by atoms with van der Waals surface area (Å²) in [5.74, 6) is 0.655. The summed E-state index contributed by atoms with van der Waals surface area (Å²) in [4.78, 5) is 26.3. The molecule has 1 saturated heterocycles. The molecule has 28 heavy (non-hydrogen) atoms. The number of rotatable bonds is 4. The third-order valence-electron chi connectivity index (χ3n) is 4.67. The number of imidazole rings is 1. The number of aromatic nitrogens is 5. The number of hydrogen-bond donors (Lipinski definition) is 1. The first-order valence-corrected chi connectivity index (χ1v) is 8.98. The van der Waals surface area contributed by atoms with Gasteiger partial charge in [-0.3, -0.25) is 4.79 Å². The van der Waals surface area contributed by atoms with Gasteiger partial charge in [0.2, 0.25) is 5.91 Å². The Balaban J connectivity index is 1.65. The van der Waals surface area contributed by atoms with E-state index in [0.717, 1.165) is 19.4 Å². The maximum Gasteiger partial charge on any atom is 0.282 e. The van der Waals surface area contributed by atoms with Gasteiger partial charge < -0.3 is 10.2 Å². The summed E-state index contributed by atoms with van der Waals surface area (Å²) in [6, 6.07) is 4.62. The zero-order valence-corrected chi connectivity index (χ0v) is 15.2. The molecule has 4 rings (SSSR count). The quantitative estimate of drug-likeness (QED) is 0.739. The Hall–Kier alpha value is -3.17. The number of nitrogens with zero attached hydrogens (tertiary/aromatic N) is 6. The van der Waals surface area contributed by atoms with E-state index in [2.05, 4.69) is 30.3 Å². The van der Waals surface area contributed by atoms with Crippen molar-refractivity contribution in [1.82, 2.24) is 29.9 Å². The number of halogens is 2. The zero-order chi connectivity index (χ0) is 19.7. The van der Waals surface area contributed by atoms with Crippen LogP contribution in [0.1, 0.15) is 31.9 Å². The van der Waals surface area contributed by atoms with Crippen LogP contribution in [0.3, 0.4) is 0 Å². The van der Waals surface area contributed by atoms with E-state index in [1.54, 1.807) is 12.3 Å². The van der Waals surface area contributed by atoms with Crippen LogP contribution in [0.4, 0.5) is 14.6 Å². The summed E-state index contributed by atoms with van der Waals surface area (Å²) in [6.07, 6.45) is 2.17. The van der Waals surface area contributed by atoms with Crippen molar-refractivity contribution in [2.75, 3.05) is 18.0 Å². The smallest absolute Gasteiger partial charge is 0.282 e. The van der Waals surface area contributed by atoms with Gasteiger partial charge in [-0.15, -0.1) is 0 Å². The van der Waals surface area contributed by atoms with Gasteiger partial charge in [0.15, 0.2) is 5.65 Å². The maximum absolute atomic E-state index is 13.0. The van der Waals surface area contributed by atoms with Crippen molar-refractivity contribution in [2.45, 2.75) is 32.2 Å². The molecule has 8 nitrogen and oxygen atoms in total. The molecule has 0 spiro atoms. The normalized spacial score (nSPS) is 17.3. The summed E-state index contributed by atoms with van der Waals surface area (Å²) in [5.41, 5.74) is 1.19. The monoisotopic (exact) mass is 387 g/mol. The molecule has 0 radical (unpaired) electrons. The number of amides is 1. The minimum absolute atomic E-state index is 0.0538. The van der Waals surface area contributed by atoms with Crippen molar-refractivity contribution in [3.63, 3.8) is 0 Å². The Labute approximate surface area is 159 Å². The number of hydrogen-bond acceptors (Lipinski definition) is 6. The van der Waals surface area contributed by atoms with Crippen LogP contribution in [0.2, 0.25) is 0 Å².